The maximum atomic E-state index is 13.3. The van der Waals surface area contributed by atoms with Crippen LogP contribution in [0.2, 0.25) is 10.0 Å². The van der Waals surface area contributed by atoms with Gasteiger partial charge in [0.05, 0.1) is 42.2 Å². The predicted molar refractivity (Wildman–Crippen MR) is 192 cm³/mol. The summed E-state index contributed by atoms with van der Waals surface area (Å²) < 4.78 is 18.4. The predicted octanol–water partition coefficient (Wildman–Crippen LogP) is 6.35. The zero-order chi connectivity index (χ0) is 36.4. The molecule has 5 heterocycles. The molecule has 1 atom stereocenters. The van der Waals surface area contributed by atoms with Gasteiger partial charge in [-0.3, -0.25) is 9.78 Å². The molecule has 1 aliphatic rings. The molecule has 15 heteroatoms. The average Bonchev–Trinajstić information content (AvgIpc) is 3.72. The topological polar surface area (TPSA) is 153 Å². The van der Waals surface area contributed by atoms with Gasteiger partial charge in [-0.05, 0) is 51.5 Å². The highest BCUT2D eigenvalue weighted by molar-refractivity contribution is 6.39. The number of nitrogens with zero attached hydrogens (tertiary/aromatic N) is 6. The van der Waals surface area contributed by atoms with Crippen molar-refractivity contribution in [2.75, 3.05) is 20.8 Å². The number of nitrogens with one attached hydrogen (secondary N) is 1. The highest BCUT2D eigenvalue weighted by Crippen LogP contribution is 2.42. The van der Waals surface area contributed by atoms with Gasteiger partial charge in [0.25, 0.3) is 0 Å². The van der Waals surface area contributed by atoms with Crippen LogP contribution >= 0.6 is 23.2 Å². The number of aromatic nitrogens is 5. The molecule has 0 radical (unpaired) electrons. The fraction of sp³-hybridized carbons (Fsp3) is 0.333. The van der Waals surface area contributed by atoms with E-state index < -0.39 is 11.7 Å². The van der Waals surface area contributed by atoms with Gasteiger partial charge in [-0.1, -0.05) is 41.4 Å². The van der Waals surface area contributed by atoms with Crippen LogP contribution in [0.15, 0.2) is 54.9 Å². The molecule has 1 fully saturated rings. The lowest BCUT2D eigenvalue weighted by Gasteiger charge is -2.29. The van der Waals surface area contributed by atoms with Gasteiger partial charge in [-0.2, -0.15) is 4.98 Å². The van der Waals surface area contributed by atoms with Crippen molar-refractivity contribution < 1.29 is 28.9 Å². The highest BCUT2D eigenvalue weighted by atomic mass is 35.5. The first-order chi connectivity index (χ1) is 24.4. The normalized spacial score (nSPS) is 14.4. The number of fused-ring (bicyclic) bond motifs is 1. The molecule has 6 rings (SSSR count). The number of hydrogen-bond donors (Lipinski definition) is 2. The van der Waals surface area contributed by atoms with Crippen LogP contribution in [0.5, 0.6) is 11.8 Å². The Kier molecular flexibility index (Phi) is 10.3. The largest absolute Gasteiger partial charge is 0.481 e. The van der Waals surface area contributed by atoms with Gasteiger partial charge in [0.2, 0.25) is 17.7 Å². The number of pyridine rings is 2. The van der Waals surface area contributed by atoms with E-state index in [1.54, 1.807) is 48.6 Å². The summed E-state index contributed by atoms with van der Waals surface area (Å²) in [5, 5.41) is 17.6. The fourth-order valence-corrected chi connectivity index (χ4v) is 6.53. The van der Waals surface area contributed by atoms with Gasteiger partial charge in [0.1, 0.15) is 17.7 Å². The number of aliphatic hydroxyl groups excluding tert-OH is 1. The molecular formula is C36H37Cl2N7O6. The molecule has 0 aliphatic carbocycles. The lowest BCUT2D eigenvalue weighted by molar-refractivity contribution is -0.119. The molecule has 5 aromatic rings. The first kappa shape index (κ1) is 35.8. The smallest absolute Gasteiger partial charge is 0.410 e. The summed E-state index contributed by atoms with van der Waals surface area (Å²) in [5.41, 5.74) is 4.16. The fourth-order valence-electron chi connectivity index (χ4n) is 5.89. The van der Waals surface area contributed by atoms with E-state index in [0.29, 0.717) is 79.4 Å². The lowest BCUT2D eigenvalue weighted by atomic mass is 10.00. The summed E-state index contributed by atoms with van der Waals surface area (Å²) in [4.78, 5) is 40.2. The Hall–Kier alpha value is -4.98. The minimum Gasteiger partial charge on any atom is -0.481 e. The van der Waals surface area contributed by atoms with Crippen LogP contribution in [0.4, 0.5) is 4.79 Å². The van der Waals surface area contributed by atoms with Crippen LogP contribution in [-0.2, 0) is 22.7 Å². The molecule has 2 N–H and O–H groups in total. The van der Waals surface area contributed by atoms with Gasteiger partial charge >= 0.3 is 6.09 Å². The monoisotopic (exact) mass is 733 g/mol. The molecule has 1 aromatic carbocycles. The van der Waals surface area contributed by atoms with Crippen molar-refractivity contribution in [3.05, 3.63) is 76.3 Å². The van der Waals surface area contributed by atoms with Crippen molar-refractivity contribution in [1.82, 2.24) is 34.8 Å². The van der Waals surface area contributed by atoms with E-state index in [9.17, 15) is 14.7 Å². The number of halogens is 2. The molecule has 13 nitrogen and oxygen atoms in total. The van der Waals surface area contributed by atoms with Crippen LogP contribution in [0.1, 0.15) is 45.0 Å². The SMILES string of the molecule is COc1nc(-c2cccc(-c3ccnc(-c4cc5c(OC)nc(CO)nn5c4)c3Cl)c2Cl)ccc1CN(C[C@@H]1CCC(=O)N1)C(=O)OC(C)(C)C. The number of carbonyl (C=O) groups is 2. The Morgan fingerprint density at radius 3 is 2.47 bits per heavy atom. The molecule has 0 saturated carbocycles. The van der Waals surface area contributed by atoms with Crippen molar-refractivity contribution in [3.63, 3.8) is 0 Å². The summed E-state index contributed by atoms with van der Waals surface area (Å²) in [6.45, 7) is 5.49. The summed E-state index contributed by atoms with van der Waals surface area (Å²) in [6.07, 6.45) is 3.92. The van der Waals surface area contributed by atoms with Crippen LogP contribution in [-0.4, -0.2) is 79.0 Å². The van der Waals surface area contributed by atoms with Gasteiger partial charge in [0.15, 0.2) is 5.82 Å². The van der Waals surface area contributed by atoms with E-state index in [0.717, 1.165) is 0 Å². The Balaban J connectivity index is 1.32. The van der Waals surface area contributed by atoms with Crippen LogP contribution in [0.3, 0.4) is 0 Å². The van der Waals surface area contributed by atoms with E-state index in [1.807, 2.05) is 36.4 Å². The number of ether oxygens (including phenoxy) is 3. The molecule has 4 aromatic heterocycles. The second-order valence-corrected chi connectivity index (χ2v) is 13.7. The zero-order valence-electron chi connectivity index (χ0n) is 28.7. The third kappa shape index (κ3) is 7.70. The van der Waals surface area contributed by atoms with Crippen molar-refractivity contribution >= 4 is 40.7 Å². The van der Waals surface area contributed by atoms with E-state index >= 15 is 0 Å². The molecule has 0 unspecified atom stereocenters. The Bertz CT molecular complexity index is 2120. The van der Waals surface area contributed by atoms with Crippen LogP contribution in [0.25, 0.3) is 39.2 Å². The molecule has 266 valence electrons. The quantitative estimate of drug-likeness (QED) is 0.166. The van der Waals surface area contributed by atoms with Crippen molar-refractivity contribution in [2.24, 2.45) is 0 Å². The van der Waals surface area contributed by atoms with Crippen LogP contribution < -0.4 is 14.8 Å². The summed E-state index contributed by atoms with van der Waals surface area (Å²) in [6, 6.07) is 12.6. The lowest BCUT2D eigenvalue weighted by Crippen LogP contribution is -2.43. The average molecular weight is 735 g/mol. The molecular weight excluding hydrogens is 697 g/mol. The molecule has 1 aliphatic heterocycles. The maximum Gasteiger partial charge on any atom is 0.410 e. The Morgan fingerprint density at radius 1 is 1.04 bits per heavy atom. The standard InChI is InChI=1S/C36H37Cl2N7O6/c1-36(2,3)51-35(48)44(18-22-10-12-29(47)40-22)16-20-9-11-26(41-33(20)49-4)25-8-6-7-23(30(25)37)24-13-14-39-32(31(24)38)21-15-27-34(50-5)42-28(19-46)43-45(27)17-21/h6-9,11,13-15,17,22,46H,10,12,16,18-19H2,1-5H3,(H,40,47)/t22-/m0/s1. The summed E-state index contributed by atoms with van der Waals surface area (Å²) in [5.74, 6) is 0.779. The Morgan fingerprint density at radius 2 is 1.78 bits per heavy atom. The molecule has 0 spiro atoms. The van der Waals surface area contributed by atoms with E-state index in [1.165, 1.54) is 14.2 Å². The number of carbonyl (C=O) groups excluding carboxylic acids is 2. The molecule has 1 saturated heterocycles. The summed E-state index contributed by atoms with van der Waals surface area (Å²) >= 11 is 14.1. The third-order valence-electron chi connectivity index (χ3n) is 8.21. The van der Waals surface area contributed by atoms with Gasteiger partial charge < -0.3 is 29.5 Å². The zero-order valence-corrected chi connectivity index (χ0v) is 30.2. The van der Waals surface area contributed by atoms with Crippen molar-refractivity contribution in [3.8, 4) is 45.4 Å². The second kappa shape index (κ2) is 14.7. The van der Waals surface area contributed by atoms with Crippen molar-refractivity contribution in [1.29, 1.82) is 0 Å². The van der Waals surface area contributed by atoms with Crippen LogP contribution in [0, 0.1) is 0 Å². The number of rotatable bonds is 10. The Labute approximate surface area is 304 Å². The van der Waals surface area contributed by atoms with Crippen molar-refractivity contribution in [2.45, 2.75) is 58.4 Å². The maximum absolute atomic E-state index is 13.3. The first-order valence-corrected chi connectivity index (χ1v) is 16.9. The number of hydrogen-bond acceptors (Lipinski definition) is 10. The van der Waals surface area contributed by atoms with Gasteiger partial charge in [-0.15, -0.1) is 5.10 Å². The minimum atomic E-state index is -0.705. The van der Waals surface area contributed by atoms with E-state index in [-0.39, 0.29) is 37.5 Å². The number of methoxy groups -OCH3 is 2. The number of benzene rings is 1. The van der Waals surface area contributed by atoms with Gasteiger partial charge in [0, 0.05) is 59.2 Å². The summed E-state index contributed by atoms with van der Waals surface area (Å²) in [7, 11) is 3.00. The van der Waals surface area contributed by atoms with Gasteiger partial charge in [-0.25, -0.2) is 14.3 Å². The first-order valence-electron chi connectivity index (χ1n) is 16.2. The molecule has 0 bridgehead atoms. The molecule has 2 amide bonds. The third-order valence-corrected chi connectivity index (χ3v) is 9.00. The number of aliphatic hydroxyl groups is 1. The highest BCUT2D eigenvalue weighted by Gasteiger charge is 2.29. The number of amides is 2. The molecule has 51 heavy (non-hydrogen) atoms. The second-order valence-electron chi connectivity index (χ2n) is 13.0. The minimum absolute atomic E-state index is 0.0393. The van der Waals surface area contributed by atoms with E-state index in [2.05, 4.69) is 20.4 Å². The van der Waals surface area contributed by atoms with E-state index in [4.69, 9.17) is 42.4 Å².